The van der Waals surface area contributed by atoms with E-state index in [2.05, 4.69) is 27.8 Å². The molecule has 5 nitrogen and oxygen atoms in total. The number of likely N-dealkylation sites (N-methyl/N-ethyl adjacent to an activating group) is 1. The molecule has 1 aliphatic heterocycles. The lowest BCUT2D eigenvalue weighted by atomic mass is 10.1. The largest absolute Gasteiger partial charge is 0.485 e. The Bertz CT molecular complexity index is 495. The van der Waals surface area contributed by atoms with Crippen LogP contribution in [-0.2, 0) is 9.53 Å². The Kier molecular flexibility index (Phi) is 4.73. The molecule has 0 amide bonds. The second-order valence-electron chi connectivity index (χ2n) is 6.31. The molecule has 0 radical (unpaired) electrons. The first-order valence-electron chi connectivity index (χ1n) is 7.26. The van der Waals surface area contributed by atoms with Crippen LogP contribution in [0.3, 0.4) is 0 Å². The SMILES string of the molecule is C[NH+](CCOC(=O)[C@@H]1COc2ccccc2O1)C(C)(C)C. The fourth-order valence-electron chi connectivity index (χ4n) is 1.91. The maximum atomic E-state index is 12.0. The van der Waals surface area contributed by atoms with Crippen LogP contribution in [0.25, 0.3) is 0 Å². The van der Waals surface area contributed by atoms with Crippen molar-refractivity contribution in [2.45, 2.75) is 32.4 Å². The van der Waals surface area contributed by atoms with E-state index >= 15 is 0 Å². The first-order chi connectivity index (χ1) is 9.88. The third kappa shape index (κ3) is 4.11. The Morgan fingerprint density at radius 3 is 2.67 bits per heavy atom. The number of carbonyl (C=O) groups excluding carboxylic acids is 1. The van der Waals surface area contributed by atoms with E-state index in [0.29, 0.717) is 18.1 Å². The van der Waals surface area contributed by atoms with Crippen molar-refractivity contribution in [3.8, 4) is 11.5 Å². The molecular weight excluding hydrogens is 270 g/mol. The van der Waals surface area contributed by atoms with E-state index in [4.69, 9.17) is 14.2 Å². The van der Waals surface area contributed by atoms with Crippen LogP contribution in [0.15, 0.2) is 24.3 Å². The van der Waals surface area contributed by atoms with Gasteiger partial charge in [-0.3, -0.25) is 0 Å². The average molecular weight is 294 g/mol. The molecule has 0 aliphatic carbocycles. The smallest absolute Gasteiger partial charge is 0.351 e. The fraction of sp³-hybridized carbons (Fsp3) is 0.562. The topological polar surface area (TPSA) is 49.2 Å². The molecule has 5 heteroatoms. The van der Waals surface area contributed by atoms with Crippen molar-refractivity contribution in [2.24, 2.45) is 0 Å². The Labute approximate surface area is 125 Å². The Hall–Kier alpha value is -1.75. The van der Waals surface area contributed by atoms with Crippen LogP contribution in [-0.4, -0.2) is 44.4 Å². The molecule has 2 atom stereocenters. The number of esters is 1. The lowest BCUT2D eigenvalue weighted by Gasteiger charge is -2.29. The van der Waals surface area contributed by atoms with Crippen molar-refractivity contribution in [3.63, 3.8) is 0 Å². The van der Waals surface area contributed by atoms with E-state index in [1.807, 2.05) is 18.2 Å². The summed E-state index contributed by atoms with van der Waals surface area (Å²) in [5, 5.41) is 0. The van der Waals surface area contributed by atoms with Gasteiger partial charge in [0.05, 0.1) is 12.6 Å². The van der Waals surface area contributed by atoms with Gasteiger partial charge in [0.2, 0.25) is 6.10 Å². The summed E-state index contributed by atoms with van der Waals surface area (Å²) in [6, 6.07) is 7.31. The van der Waals surface area contributed by atoms with Gasteiger partial charge >= 0.3 is 5.97 Å². The summed E-state index contributed by atoms with van der Waals surface area (Å²) in [6.45, 7) is 7.79. The fourth-order valence-corrected chi connectivity index (χ4v) is 1.91. The van der Waals surface area contributed by atoms with E-state index in [9.17, 15) is 4.79 Å². The van der Waals surface area contributed by atoms with Crippen LogP contribution in [0.4, 0.5) is 0 Å². The van der Waals surface area contributed by atoms with Gasteiger partial charge in [0.1, 0.15) is 19.8 Å². The van der Waals surface area contributed by atoms with Crippen LogP contribution >= 0.6 is 0 Å². The zero-order valence-electron chi connectivity index (χ0n) is 13.1. The summed E-state index contributed by atoms with van der Waals surface area (Å²) in [6.07, 6.45) is -0.685. The van der Waals surface area contributed by atoms with Crippen molar-refractivity contribution in [1.82, 2.24) is 0 Å². The minimum Gasteiger partial charge on any atom is -0.485 e. The van der Waals surface area contributed by atoms with E-state index in [-0.39, 0.29) is 18.1 Å². The number of rotatable bonds is 4. The number of carbonyl (C=O) groups is 1. The van der Waals surface area contributed by atoms with Gasteiger partial charge in [-0.25, -0.2) is 4.79 Å². The minimum atomic E-state index is -0.685. The molecule has 0 fully saturated rings. The summed E-state index contributed by atoms with van der Waals surface area (Å²) < 4.78 is 16.4. The van der Waals surface area contributed by atoms with E-state index in [1.54, 1.807) is 6.07 Å². The van der Waals surface area contributed by atoms with Gasteiger partial charge in [0.25, 0.3) is 0 Å². The van der Waals surface area contributed by atoms with Gasteiger partial charge in [-0.1, -0.05) is 12.1 Å². The van der Waals surface area contributed by atoms with Gasteiger partial charge in [-0.2, -0.15) is 0 Å². The van der Waals surface area contributed by atoms with Crippen molar-refractivity contribution in [1.29, 1.82) is 0 Å². The van der Waals surface area contributed by atoms with Gasteiger partial charge < -0.3 is 19.1 Å². The highest BCUT2D eigenvalue weighted by Gasteiger charge is 2.29. The monoisotopic (exact) mass is 294 g/mol. The number of benzene rings is 1. The van der Waals surface area contributed by atoms with E-state index < -0.39 is 6.10 Å². The molecule has 1 aromatic rings. The number of hydrogen-bond acceptors (Lipinski definition) is 4. The maximum absolute atomic E-state index is 12.0. The number of nitrogens with one attached hydrogen (secondary N) is 1. The van der Waals surface area contributed by atoms with Gasteiger partial charge in [-0.15, -0.1) is 0 Å². The maximum Gasteiger partial charge on any atom is 0.351 e. The van der Waals surface area contributed by atoms with Gasteiger partial charge in [-0.05, 0) is 32.9 Å². The molecule has 0 aromatic heterocycles. The minimum absolute atomic E-state index is 0.135. The number of ether oxygens (including phenoxy) is 3. The average Bonchev–Trinajstić information content (AvgIpc) is 2.45. The molecule has 0 saturated heterocycles. The zero-order chi connectivity index (χ0) is 15.5. The molecule has 116 valence electrons. The number of fused-ring (bicyclic) bond motifs is 1. The van der Waals surface area contributed by atoms with Gasteiger partial charge in [0.15, 0.2) is 11.5 Å². The highest BCUT2D eigenvalue weighted by molar-refractivity contribution is 5.75. The molecule has 1 N–H and O–H groups in total. The molecule has 1 heterocycles. The number of para-hydroxylation sites is 2. The van der Waals surface area contributed by atoms with Crippen LogP contribution in [0.5, 0.6) is 11.5 Å². The van der Waals surface area contributed by atoms with Crippen molar-refractivity contribution >= 4 is 5.97 Å². The third-order valence-electron chi connectivity index (χ3n) is 3.77. The molecule has 21 heavy (non-hydrogen) atoms. The predicted molar refractivity (Wildman–Crippen MR) is 78.8 cm³/mol. The lowest BCUT2D eigenvalue weighted by Crippen LogP contribution is -3.16. The standard InChI is InChI=1S/C16H23NO4/c1-16(2,3)17(4)9-10-19-15(18)14-11-20-12-7-5-6-8-13(12)21-14/h5-8,14H,9-11H2,1-4H3/p+1/t14-/m0/s1. The number of quaternary nitrogens is 1. The molecule has 1 aromatic carbocycles. The van der Waals surface area contributed by atoms with E-state index in [1.165, 1.54) is 4.90 Å². The summed E-state index contributed by atoms with van der Waals surface area (Å²) >= 11 is 0. The molecule has 0 saturated carbocycles. The normalized spacial score (nSPS) is 19.0. The third-order valence-corrected chi connectivity index (χ3v) is 3.77. The molecule has 2 rings (SSSR count). The van der Waals surface area contributed by atoms with Crippen molar-refractivity contribution in [3.05, 3.63) is 24.3 Å². The Morgan fingerprint density at radius 2 is 2.00 bits per heavy atom. The highest BCUT2D eigenvalue weighted by Crippen LogP contribution is 2.30. The van der Waals surface area contributed by atoms with Gasteiger partial charge in [0, 0.05) is 0 Å². The first-order valence-corrected chi connectivity index (χ1v) is 7.26. The summed E-state index contributed by atoms with van der Waals surface area (Å²) in [7, 11) is 2.09. The molecular formula is C16H24NO4+. The molecule has 0 bridgehead atoms. The zero-order valence-corrected chi connectivity index (χ0v) is 13.1. The van der Waals surface area contributed by atoms with Crippen molar-refractivity contribution in [2.75, 3.05) is 26.8 Å². The second-order valence-corrected chi connectivity index (χ2v) is 6.31. The van der Waals surface area contributed by atoms with E-state index in [0.717, 1.165) is 6.54 Å². The molecule has 1 unspecified atom stereocenters. The summed E-state index contributed by atoms with van der Waals surface area (Å²) in [4.78, 5) is 13.3. The summed E-state index contributed by atoms with van der Waals surface area (Å²) in [5.41, 5.74) is 0.135. The van der Waals surface area contributed by atoms with Crippen molar-refractivity contribution < 1.29 is 23.9 Å². The Morgan fingerprint density at radius 1 is 1.33 bits per heavy atom. The highest BCUT2D eigenvalue weighted by atomic mass is 16.6. The van der Waals surface area contributed by atoms with Crippen LogP contribution in [0.1, 0.15) is 20.8 Å². The second kappa shape index (κ2) is 6.35. The lowest BCUT2D eigenvalue weighted by molar-refractivity contribution is -0.927. The van der Waals surface area contributed by atoms with Crippen LogP contribution in [0, 0.1) is 0 Å². The first kappa shape index (κ1) is 15.6. The van der Waals surface area contributed by atoms with Crippen LogP contribution in [0.2, 0.25) is 0 Å². The quantitative estimate of drug-likeness (QED) is 0.830. The predicted octanol–water partition coefficient (Wildman–Crippen LogP) is 0.683. The van der Waals surface area contributed by atoms with Crippen LogP contribution < -0.4 is 14.4 Å². The number of hydrogen-bond donors (Lipinski definition) is 1. The molecule has 0 spiro atoms. The molecule has 1 aliphatic rings. The Balaban J connectivity index is 1.80. The summed E-state index contributed by atoms with van der Waals surface area (Å²) in [5.74, 6) is 0.882.